The molecule has 0 atom stereocenters. The van der Waals surface area contributed by atoms with Gasteiger partial charge in [0, 0.05) is 11.8 Å². The van der Waals surface area contributed by atoms with Crippen LogP contribution in [0.1, 0.15) is 24.6 Å². The second kappa shape index (κ2) is 5.86. The van der Waals surface area contributed by atoms with Crippen molar-refractivity contribution in [3.8, 4) is 0 Å². The fraction of sp³-hybridized carbons (Fsp3) is 0.400. The molecule has 0 spiro atoms. The van der Waals surface area contributed by atoms with Crippen LogP contribution in [0.25, 0.3) is 0 Å². The molecule has 94 valence electrons. The summed E-state index contributed by atoms with van der Waals surface area (Å²) >= 11 is 5.60. The Morgan fingerprint density at radius 2 is 2.24 bits per heavy atom. The van der Waals surface area contributed by atoms with E-state index in [0.29, 0.717) is 0 Å². The molecule has 7 heteroatoms. The lowest BCUT2D eigenvalue weighted by Gasteiger charge is -2.08. The van der Waals surface area contributed by atoms with E-state index >= 15 is 0 Å². The fourth-order valence-corrected chi connectivity index (χ4v) is 1.39. The molecule has 1 aromatic rings. The predicted octanol–water partition coefficient (Wildman–Crippen LogP) is 2.92. The maximum atomic E-state index is 13.6. The van der Waals surface area contributed by atoms with Gasteiger partial charge in [0.15, 0.2) is 5.82 Å². The molecule has 0 N–H and O–H groups in total. The molecule has 0 saturated heterocycles. The van der Waals surface area contributed by atoms with Crippen LogP contribution in [0.5, 0.6) is 0 Å². The average molecular weight is 268 g/mol. The molecule has 0 aliphatic heterocycles. The third kappa shape index (κ3) is 3.33. The highest BCUT2D eigenvalue weighted by Crippen LogP contribution is 2.27. The van der Waals surface area contributed by atoms with Crippen LogP contribution in [0.2, 0.25) is 5.02 Å². The van der Waals surface area contributed by atoms with Gasteiger partial charge in [-0.3, -0.25) is 9.78 Å². The van der Waals surface area contributed by atoms with E-state index in [1.807, 2.05) is 0 Å². The number of carbonyl (C=O) groups is 1. The van der Waals surface area contributed by atoms with E-state index in [9.17, 15) is 18.0 Å². The van der Waals surface area contributed by atoms with Gasteiger partial charge in [0.05, 0.1) is 18.1 Å². The molecular formula is C10H9ClF3NO2. The monoisotopic (exact) mass is 267 g/mol. The molecule has 1 rings (SSSR count). The van der Waals surface area contributed by atoms with Crippen molar-refractivity contribution in [3.63, 3.8) is 0 Å². The summed E-state index contributed by atoms with van der Waals surface area (Å²) in [5.41, 5.74) is -1.34. The molecule has 1 aromatic heterocycles. The van der Waals surface area contributed by atoms with Crippen LogP contribution >= 0.6 is 11.6 Å². The van der Waals surface area contributed by atoms with Crippen LogP contribution in [-0.4, -0.2) is 17.6 Å². The van der Waals surface area contributed by atoms with E-state index < -0.39 is 30.3 Å². The Morgan fingerprint density at radius 1 is 1.59 bits per heavy atom. The molecule has 0 saturated carbocycles. The van der Waals surface area contributed by atoms with Crippen LogP contribution in [0, 0.1) is 5.82 Å². The first-order chi connectivity index (χ1) is 7.97. The average Bonchev–Trinajstić information content (AvgIpc) is 2.24. The summed E-state index contributed by atoms with van der Waals surface area (Å²) < 4.78 is 42.9. The van der Waals surface area contributed by atoms with Crippen molar-refractivity contribution in [2.45, 2.75) is 19.8 Å². The lowest BCUT2D eigenvalue weighted by molar-refractivity contribution is -0.142. The summed E-state index contributed by atoms with van der Waals surface area (Å²) in [6.45, 7) is 1.69. The number of rotatable bonds is 4. The van der Waals surface area contributed by atoms with Crippen molar-refractivity contribution in [3.05, 3.63) is 28.3 Å². The standard InChI is InChI=1S/C10H9ClF3NO2/c1-2-17-7(16)3-5-6(11)4-15-9(8(5)12)10(13)14/h4,10H,2-3H2,1H3. The smallest absolute Gasteiger partial charge is 0.310 e. The van der Waals surface area contributed by atoms with Crippen molar-refractivity contribution in [1.82, 2.24) is 4.98 Å². The van der Waals surface area contributed by atoms with E-state index in [4.69, 9.17) is 11.6 Å². The third-order valence-corrected chi connectivity index (χ3v) is 2.25. The van der Waals surface area contributed by atoms with Crippen LogP contribution < -0.4 is 0 Å². The third-order valence-electron chi connectivity index (χ3n) is 1.93. The first-order valence-corrected chi connectivity index (χ1v) is 5.11. The lowest BCUT2D eigenvalue weighted by Crippen LogP contribution is -2.11. The zero-order valence-corrected chi connectivity index (χ0v) is 9.60. The Morgan fingerprint density at radius 3 is 2.76 bits per heavy atom. The summed E-state index contributed by atoms with van der Waals surface area (Å²) in [6.07, 6.45) is -2.67. The van der Waals surface area contributed by atoms with Gasteiger partial charge in [-0.15, -0.1) is 0 Å². The van der Waals surface area contributed by atoms with Gasteiger partial charge < -0.3 is 4.74 Å². The normalized spacial score (nSPS) is 10.7. The zero-order chi connectivity index (χ0) is 13.0. The number of esters is 1. The van der Waals surface area contributed by atoms with Crippen LogP contribution in [0.3, 0.4) is 0 Å². The minimum atomic E-state index is -3.06. The summed E-state index contributed by atoms with van der Waals surface area (Å²) in [6, 6.07) is 0. The van der Waals surface area contributed by atoms with Gasteiger partial charge in [-0.1, -0.05) is 11.6 Å². The molecule has 0 aliphatic rings. The predicted molar refractivity (Wildman–Crippen MR) is 54.5 cm³/mol. The Kier molecular flexibility index (Phi) is 4.74. The van der Waals surface area contributed by atoms with E-state index in [1.165, 1.54) is 0 Å². The van der Waals surface area contributed by atoms with Crippen LogP contribution in [0.15, 0.2) is 6.20 Å². The highest BCUT2D eigenvalue weighted by Gasteiger charge is 2.22. The van der Waals surface area contributed by atoms with Crippen molar-refractivity contribution in [2.75, 3.05) is 6.61 Å². The Balaban J connectivity index is 3.05. The van der Waals surface area contributed by atoms with Gasteiger partial charge in [-0.05, 0) is 6.92 Å². The number of alkyl halides is 2. The van der Waals surface area contributed by atoms with Gasteiger partial charge in [0.25, 0.3) is 6.43 Å². The molecule has 0 radical (unpaired) electrons. The SMILES string of the molecule is CCOC(=O)Cc1c(Cl)cnc(C(F)F)c1F. The number of hydrogen-bond donors (Lipinski definition) is 0. The maximum Gasteiger partial charge on any atom is 0.310 e. The molecule has 0 unspecified atom stereocenters. The van der Waals surface area contributed by atoms with Crippen molar-refractivity contribution in [1.29, 1.82) is 0 Å². The molecule has 1 heterocycles. The Hall–Kier alpha value is -1.30. The highest BCUT2D eigenvalue weighted by molar-refractivity contribution is 6.31. The largest absolute Gasteiger partial charge is 0.466 e. The van der Waals surface area contributed by atoms with Gasteiger partial charge >= 0.3 is 5.97 Å². The van der Waals surface area contributed by atoms with Gasteiger partial charge in [0.2, 0.25) is 0 Å². The fourth-order valence-electron chi connectivity index (χ4n) is 1.19. The molecule has 0 aromatic carbocycles. The number of hydrogen-bond acceptors (Lipinski definition) is 3. The van der Waals surface area contributed by atoms with Gasteiger partial charge in [-0.25, -0.2) is 13.2 Å². The lowest BCUT2D eigenvalue weighted by atomic mass is 10.1. The minimum Gasteiger partial charge on any atom is -0.466 e. The number of carbonyl (C=O) groups excluding carboxylic acids is 1. The topological polar surface area (TPSA) is 39.2 Å². The number of nitrogens with zero attached hydrogens (tertiary/aromatic N) is 1. The maximum absolute atomic E-state index is 13.6. The summed E-state index contributed by atoms with van der Waals surface area (Å²) in [5, 5.41) is -0.181. The highest BCUT2D eigenvalue weighted by atomic mass is 35.5. The number of halogens is 4. The quantitative estimate of drug-likeness (QED) is 0.788. The number of pyridine rings is 1. The molecule has 0 fully saturated rings. The molecule has 0 amide bonds. The van der Waals surface area contributed by atoms with E-state index in [0.717, 1.165) is 6.20 Å². The Labute approximate surface area is 101 Å². The van der Waals surface area contributed by atoms with Crippen LogP contribution in [0.4, 0.5) is 13.2 Å². The number of aromatic nitrogens is 1. The van der Waals surface area contributed by atoms with E-state index in [2.05, 4.69) is 9.72 Å². The van der Waals surface area contributed by atoms with Crippen molar-refractivity contribution < 1.29 is 22.7 Å². The second-order valence-electron chi connectivity index (χ2n) is 3.07. The zero-order valence-electron chi connectivity index (χ0n) is 8.84. The minimum absolute atomic E-state index is 0.116. The molecule has 17 heavy (non-hydrogen) atoms. The molecule has 0 bridgehead atoms. The van der Waals surface area contributed by atoms with Crippen molar-refractivity contribution >= 4 is 17.6 Å². The Bertz CT molecular complexity index is 426. The first kappa shape index (κ1) is 13.8. The molecule has 3 nitrogen and oxygen atoms in total. The van der Waals surface area contributed by atoms with E-state index in [-0.39, 0.29) is 17.2 Å². The summed E-state index contributed by atoms with van der Waals surface area (Å²) in [5.74, 6) is -2.00. The summed E-state index contributed by atoms with van der Waals surface area (Å²) in [4.78, 5) is 14.3. The second-order valence-corrected chi connectivity index (χ2v) is 3.47. The first-order valence-electron chi connectivity index (χ1n) is 4.73. The van der Waals surface area contributed by atoms with E-state index in [1.54, 1.807) is 6.92 Å². The van der Waals surface area contributed by atoms with Crippen LogP contribution in [-0.2, 0) is 16.0 Å². The van der Waals surface area contributed by atoms with Gasteiger partial charge in [-0.2, -0.15) is 0 Å². The number of ether oxygens (including phenoxy) is 1. The molecule has 0 aliphatic carbocycles. The molecular weight excluding hydrogens is 259 g/mol. The summed E-state index contributed by atoms with van der Waals surface area (Å²) in [7, 11) is 0. The van der Waals surface area contributed by atoms with Gasteiger partial charge in [0.1, 0.15) is 5.69 Å². The van der Waals surface area contributed by atoms with Crippen molar-refractivity contribution in [2.24, 2.45) is 0 Å².